The highest BCUT2D eigenvalue weighted by molar-refractivity contribution is 7.89. The van der Waals surface area contributed by atoms with E-state index in [-0.39, 0.29) is 12.3 Å². The first-order valence-electron chi connectivity index (χ1n) is 5.15. The normalized spacial score (nSPS) is 10.8. The lowest BCUT2D eigenvalue weighted by molar-refractivity contribution is 0.584. The number of sulfonamides is 1. The second-order valence-corrected chi connectivity index (χ2v) is 5.33. The number of nitrogens with one attached hydrogen (secondary N) is 2. The zero-order valence-electron chi connectivity index (χ0n) is 9.47. The lowest BCUT2D eigenvalue weighted by atomic mass is 10.3. The molecule has 6 nitrogen and oxygen atoms in total. The van der Waals surface area contributed by atoms with Crippen molar-refractivity contribution >= 4 is 15.7 Å². The first-order valence-corrected chi connectivity index (χ1v) is 6.80. The average molecular weight is 254 g/mol. The molecule has 0 atom stereocenters. The lowest BCUT2D eigenvalue weighted by Crippen LogP contribution is -2.30. The molecule has 0 saturated carbocycles. The van der Waals surface area contributed by atoms with Crippen molar-refractivity contribution in [2.75, 3.05) is 24.2 Å². The van der Waals surface area contributed by atoms with Crippen LogP contribution in [0.1, 0.15) is 12.6 Å². The molecule has 0 aliphatic rings. The molecule has 1 aromatic heterocycles. The molecular formula is C10H14N4O2S. The first kappa shape index (κ1) is 13.4. The van der Waals surface area contributed by atoms with Crippen molar-refractivity contribution in [3.8, 4) is 6.07 Å². The van der Waals surface area contributed by atoms with Crippen molar-refractivity contribution in [3.05, 3.63) is 24.0 Å². The molecule has 0 radical (unpaired) electrons. The molecule has 2 N–H and O–H groups in total. The molecule has 0 amide bonds. The molecule has 0 fully saturated rings. The van der Waals surface area contributed by atoms with E-state index in [2.05, 4.69) is 15.0 Å². The van der Waals surface area contributed by atoms with Gasteiger partial charge >= 0.3 is 0 Å². The van der Waals surface area contributed by atoms with Gasteiger partial charge in [0.1, 0.15) is 6.07 Å². The van der Waals surface area contributed by atoms with Gasteiger partial charge in [-0.1, -0.05) is 0 Å². The number of aromatic nitrogens is 1. The molecule has 0 spiro atoms. The molecule has 0 bridgehead atoms. The highest BCUT2D eigenvalue weighted by Gasteiger charge is 2.05. The number of nitrogens with zero attached hydrogens (tertiary/aromatic N) is 2. The third-order valence-electron chi connectivity index (χ3n) is 2.06. The Morgan fingerprint density at radius 3 is 2.88 bits per heavy atom. The molecule has 0 aromatic carbocycles. The van der Waals surface area contributed by atoms with E-state index in [1.165, 1.54) is 6.20 Å². The molecule has 92 valence electrons. The minimum atomic E-state index is -3.16. The summed E-state index contributed by atoms with van der Waals surface area (Å²) in [7, 11) is -3.16. The van der Waals surface area contributed by atoms with Crippen molar-refractivity contribution in [1.82, 2.24) is 9.71 Å². The van der Waals surface area contributed by atoms with Crippen molar-refractivity contribution in [2.24, 2.45) is 0 Å². The van der Waals surface area contributed by atoms with Crippen LogP contribution < -0.4 is 10.0 Å². The SMILES string of the molecule is CCS(=O)(=O)NCCNc1cccnc1C#N. The van der Waals surface area contributed by atoms with Crippen LogP contribution in [-0.2, 0) is 10.0 Å². The lowest BCUT2D eigenvalue weighted by Gasteiger charge is -2.08. The maximum atomic E-state index is 11.1. The number of hydrogen-bond acceptors (Lipinski definition) is 5. The Morgan fingerprint density at radius 2 is 2.24 bits per heavy atom. The topological polar surface area (TPSA) is 94.9 Å². The number of anilines is 1. The molecule has 17 heavy (non-hydrogen) atoms. The van der Waals surface area contributed by atoms with Gasteiger partial charge in [0.05, 0.1) is 11.4 Å². The standard InChI is InChI=1S/C10H14N4O2S/c1-2-17(15,16)14-7-6-13-9-4-3-5-12-10(9)8-11/h3-5,13-14H,2,6-7H2,1H3. The Balaban J connectivity index is 2.45. The third kappa shape index (κ3) is 4.38. The predicted molar refractivity (Wildman–Crippen MR) is 64.9 cm³/mol. The molecule has 1 rings (SSSR count). The summed E-state index contributed by atoms with van der Waals surface area (Å²) in [6, 6.07) is 5.38. The highest BCUT2D eigenvalue weighted by atomic mass is 32.2. The van der Waals surface area contributed by atoms with Gasteiger partial charge in [-0.2, -0.15) is 5.26 Å². The van der Waals surface area contributed by atoms with Crippen LogP contribution in [0, 0.1) is 11.3 Å². The molecule has 0 aliphatic carbocycles. The zero-order chi connectivity index (χ0) is 12.7. The van der Waals surface area contributed by atoms with Crippen LogP contribution in [0.2, 0.25) is 0 Å². The van der Waals surface area contributed by atoms with Gasteiger partial charge in [-0.25, -0.2) is 18.1 Å². The maximum absolute atomic E-state index is 11.1. The van der Waals surface area contributed by atoms with E-state index in [0.717, 1.165) is 0 Å². The Labute approximate surface area is 101 Å². The summed E-state index contributed by atoms with van der Waals surface area (Å²) in [6.45, 7) is 2.25. The fraction of sp³-hybridized carbons (Fsp3) is 0.400. The van der Waals surface area contributed by atoms with Gasteiger partial charge in [0.25, 0.3) is 0 Å². The summed E-state index contributed by atoms with van der Waals surface area (Å²) in [5, 5.41) is 11.7. The van der Waals surface area contributed by atoms with E-state index >= 15 is 0 Å². The van der Waals surface area contributed by atoms with E-state index in [9.17, 15) is 8.42 Å². The van der Waals surface area contributed by atoms with Crippen LogP contribution in [0.5, 0.6) is 0 Å². The van der Waals surface area contributed by atoms with Gasteiger partial charge < -0.3 is 5.32 Å². The second kappa shape index (κ2) is 6.18. The van der Waals surface area contributed by atoms with Crippen LogP contribution in [-0.4, -0.2) is 32.2 Å². The van der Waals surface area contributed by atoms with Crippen LogP contribution in [0.15, 0.2) is 18.3 Å². The van der Waals surface area contributed by atoms with Crippen LogP contribution in [0.25, 0.3) is 0 Å². The fourth-order valence-corrected chi connectivity index (χ4v) is 1.76. The second-order valence-electron chi connectivity index (χ2n) is 3.24. The summed E-state index contributed by atoms with van der Waals surface area (Å²) in [5.74, 6) is 0.0589. The Morgan fingerprint density at radius 1 is 1.47 bits per heavy atom. The maximum Gasteiger partial charge on any atom is 0.211 e. The van der Waals surface area contributed by atoms with Gasteiger partial charge in [0, 0.05) is 19.3 Å². The summed E-state index contributed by atoms with van der Waals surface area (Å²) in [5.41, 5.74) is 0.900. The minimum absolute atomic E-state index is 0.0589. The number of nitriles is 1. The van der Waals surface area contributed by atoms with Crippen molar-refractivity contribution in [1.29, 1.82) is 5.26 Å². The van der Waals surface area contributed by atoms with Gasteiger partial charge in [-0.15, -0.1) is 0 Å². The number of pyridine rings is 1. The van der Waals surface area contributed by atoms with Crippen molar-refractivity contribution in [3.63, 3.8) is 0 Å². The van der Waals surface area contributed by atoms with E-state index in [4.69, 9.17) is 5.26 Å². The van der Waals surface area contributed by atoms with E-state index in [0.29, 0.717) is 17.9 Å². The zero-order valence-corrected chi connectivity index (χ0v) is 10.3. The van der Waals surface area contributed by atoms with Gasteiger partial charge in [-0.3, -0.25) is 0 Å². The van der Waals surface area contributed by atoms with Crippen LogP contribution >= 0.6 is 0 Å². The fourth-order valence-electron chi connectivity index (χ4n) is 1.14. The summed E-state index contributed by atoms with van der Waals surface area (Å²) >= 11 is 0. The number of hydrogen-bond donors (Lipinski definition) is 2. The van der Waals surface area contributed by atoms with Gasteiger partial charge in [0.2, 0.25) is 10.0 Å². The Bertz CT molecular complexity index is 507. The molecule has 0 aliphatic heterocycles. The Hall–Kier alpha value is -1.65. The highest BCUT2D eigenvalue weighted by Crippen LogP contribution is 2.09. The number of rotatable bonds is 6. The molecular weight excluding hydrogens is 240 g/mol. The minimum Gasteiger partial charge on any atom is -0.381 e. The van der Waals surface area contributed by atoms with E-state index in [1.54, 1.807) is 19.1 Å². The quantitative estimate of drug-likeness (QED) is 0.712. The largest absolute Gasteiger partial charge is 0.381 e. The molecule has 1 heterocycles. The van der Waals surface area contributed by atoms with Crippen LogP contribution in [0.3, 0.4) is 0 Å². The third-order valence-corrected chi connectivity index (χ3v) is 3.46. The molecule has 7 heteroatoms. The average Bonchev–Trinajstić information content (AvgIpc) is 2.35. The molecule has 1 aromatic rings. The Kier molecular flexibility index (Phi) is 4.87. The predicted octanol–water partition coefficient (Wildman–Crippen LogP) is 0.304. The van der Waals surface area contributed by atoms with Crippen LogP contribution in [0.4, 0.5) is 5.69 Å². The van der Waals surface area contributed by atoms with Gasteiger partial charge in [0.15, 0.2) is 5.69 Å². The smallest absolute Gasteiger partial charge is 0.211 e. The van der Waals surface area contributed by atoms with Gasteiger partial charge in [-0.05, 0) is 19.1 Å². The summed E-state index contributed by atoms with van der Waals surface area (Å²) in [6.07, 6.45) is 1.53. The van der Waals surface area contributed by atoms with E-state index < -0.39 is 10.0 Å². The first-order chi connectivity index (χ1) is 8.09. The molecule has 0 saturated heterocycles. The monoisotopic (exact) mass is 254 g/mol. The molecule has 0 unspecified atom stereocenters. The van der Waals surface area contributed by atoms with E-state index in [1.807, 2.05) is 6.07 Å². The summed E-state index contributed by atoms with van der Waals surface area (Å²) in [4.78, 5) is 3.88. The van der Waals surface area contributed by atoms with Crippen molar-refractivity contribution in [2.45, 2.75) is 6.92 Å². The van der Waals surface area contributed by atoms with Crippen molar-refractivity contribution < 1.29 is 8.42 Å². The summed E-state index contributed by atoms with van der Waals surface area (Å²) < 4.78 is 24.7.